The highest BCUT2D eigenvalue weighted by Crippen LogP contribution is 2.51. The van der Waals surface area contributed by atoms with Gasteiger partial charge in [-0.2, -0.15) is 10.5 Å². The molecular weight excluding hydrogens is 416 g/mol. The maximum atomic E-state index is 9.46. The van der Waals surface area contributed by atoms with E-state index in [0.717, 1.165) is 22.5 Å². The minimum atomic E-state index is 0.321. The van der Waals surface area contributed by atoms with Crippen molar-refractivity contribution < 1.29 is 0 Å². The van der Waals surface area contributed by atoms with Crippen molar-refractivity contribution in [3.05, 3.63) is 83.9 Å². The van der Waals surface area contributed by atoms with Gasteiger partial charge >= 0.3 is 0 Å². The maximum absolute atomic E-state index is 9.46. The molecule has 8 rings (SSSR count). The van der Waals surface area contributed by atoms with Crippen molar-refractivity contribution in [2.45, 2.75) is 0 Å². The molecule has 4 nitrogen and oxygen atoms in total. The number of nitriles is 2. The summed E-state index contributed by atoms with van der Waals surface area (Å²) in [4.78, 5) is 9.89. The van der Waals surface area contributed by atoms with Crippen molar-refractivity contribution in [1.29, 1.82) is 10.5 Å². The summed E-state index contributed by atoms with van der Waals surface area (Å²) in [5, 5.41) is 28.8. The molecule has 0 N–H and O–H groups in total. The Balaban J connectivity index is 1.56. The van der Waals surface area contributed by atoms with Crippen LogP contribution in [0.3, 0.4) is 0 Å². The number of hydrogen-bond donors (Lipinski definition) is 0. The second-order valence-corrected chi connectivity index (χ2v) is 8.81. The van der Waals surface area contributed by atoms with Crippen molar-refractivity contribution in [2.75, 3.05) is 0 Å². The highest BCUT2D eigenvalue weighted by atomic mass is 14.8. The molecule has 4 heteroatoms. The summed E-state index contributed by atoms with van der Waals surface area (Å²) in [6.07, 6.45) is 0. The van der Waals surface area contributed by atoms with Crippen molar-refractivity contribution in [3.8, 4) is 34.7 Å². The lowest BCUT2D eigenvalue weighted by molar-refractivity contribution is 1.31. The van der Waals surface area contributed by atoms with Crippen LogP contribution in [0.4, 0.5) is 0 Å². The predicted octanol–water partition coefficient (Wildman–Crippen LogP) is 7.07. The van der Waals surface area contributed by atoms with Gasteiger partial charge in [-0.05, 0) is 49.8 Å². The Kier molecular flexibility index (Phi) is 3.00. The van der Waals surface area contributed by atoms with E-state index >= 15 is 0 Å². The Morgan fingerprint density at radius 1 is 0.529 bits per heavy atom. The van der Waals surface area contributed by atoms with Gasteiger partial charge in [-0.15, -0.1) is 0 Å². The van der Waals surface area contributed by atoms with Crippen LogP contribution >= 0.6 is 0 Å². The van der Waals surface area contributed by atoms with Gasteiger partial charge in [-0.1, -0.05) is 60.7 Å². The standard InChI is InChI=1S/C30H12N4/c31-13-16-11-24-25(12-17(16)14-32)34-30-23-10-8-21-19-6-2-4-15-3-1-5-18(26(15)19)20-7-9-22(29(30)33-24)28(23)27(20)21/h1-12H. The fourth-order valence-electron chi connectivity index (χ4n) is 5.79. The van der Waals surface area contributed by atoms with Crippen LogP contribution in [0.25, 0.3) is 76.6 Å². The van der Waals surface area contributed by atoms with Gasteiger partial charge in [0.05, 0.1) is 33.5 Å². The van der Waals surface area contributed by atoms with Crippen LogP contribution in [0, 0.1) is 22.7 Å². The molecule has 0 spiro atoms. The molecule has 0 unspecified atom stereocenters. The van der Waals surface area contributed by atoms with Crippen LogP contribution in [0.2, 0.25) is 0 Å². The Hall–Kier alpha value is -5.06. The molecule has 0 saturated heterocycles. The lowest BCUT2D eigenvalue weighted by Crippen LogP contribution is -1.93. The minimum Gasteiger partial charge on any atom is -0.244 e. The summed E-state index contributed by atoms with van der Waals surface area (Å²) in [6.45, 7) is 0. The molecule has 152 valence electrons. The van der Waals surface area contributed by atoms with E-state index in [1.165, 1.54) is 43.1 Å². The molecule has 0 aliphatic heterocycles. The van der Waals surface area contributed by atoms with Crippen molar-refractivity contribution in [2.24, 2.45) is 0 Å². The van der Waals surface area contributed by atoms with Crippen LogP contribution in [0.1, 0.15) is 11.1 Å². The molecule has 0 amide bonds. The molecule has 0 fully saturated rings. The SMILES string of the molecule is N#Cc1cc2nc3c(nc2cc1C#N)-c1ccc2c4cccc5cccc(c6ccc-3c1c62)c54. The van der Waals surface area contributed by atoms with Gasteiger partial charge in [0.15, 0.2) is 0 Å². The quantitative estimate of drug-likeness (QED) is 0.191. The monoisotopic (exact) mass is 428 g/mol. The van der Waals surface area contributed by atoms with E-state index in [4.69, 9.17) is 9.97 Å². The van der Waals surface area contributed by atoms with Gasteiger partial charge in [-0.3, -0.25) is 0 Å². The molecule has 0 saturated carbocycles. The lowest BCUT2D eigenvalue weighted by atomic mass is 9.88. The van der Waals surface area contributed by atoms with Crippen molar-refractivity contribution in [1.82, 2.24) is 9.97 Å². The number of rotatable bonds is 0. The van der Waals surface area contributed by atoms with Crippen LogP contribution in [0.15, 0.2) is 72.8 Å². The Labute approximate surface area is 193 Å². The Morgan fingerprint density at radius 3 is 1.53 bits per heavy atom. The third-order valence-electron chi connectivity index (χ3n) is 7.20. The third-order valence-corrected chi connectivity index (χ3v) is 7.20. The Morgan fingerprint density at radius 2 is 1.03 bits per heavy atom. The summed E-state index contributed by atoms with van der Waals surface area (Å²) in [5.41, 5.74) is 5.68. The second kappa shape index (κ2) is 5.84. The van der Waals surface area contributed by atoms with E-state index in [1.807, 2.05) is 0 Å². The highest BCUT2D eigenvalue weighted by molar-refractivity contribution is 6.36. The average molecular weight is 428 g/mol. The fourth-order valence-corrected chi connectivity index (χ4v) is 5.79. The summed E-state index contributed by atoms with van der Waals surface area (Å²) in [5.74, 6) is 0. The zero-order valence-electron chi connectivity index (χ0n) is 17.7. The summed E-state index contributed by atoms with van der Waals surface area (Å²) < 4.78 is 0. The number of aromatic nitrogens is 2. The predicted molar refractivity (Wildman–Crippen MR) is 135 cm³/mol. The molecule has 0 atom stereocenters. The van der Waals surface area contributed by atoms with Crippen LogP contribution in [-0.4, -0.2) is 9.97 Å². The summed E-state index contributed by atoms with van der Waals surface area (Å²) in [6, 6.07) is 29.3. The maximum Gasteiger partial charge on any atom is 0.101 e. The smallest absolute Gasteiger partial charge is 0.101 e. The number of fused-ring (bicyclic) bond motifs is 6. The summed E-state index contributed by atoms with van der Waals surface area (Å²) >= 11 is 0. The molecule has 1 aliphatic rings. The molecule has 1 heterocycles. The van der Waals surface area contributed by atoms with Gasteiger partial charge < -0.3 is 0 Å². The van der Waals surface area contributed by atoms with E-state index in [2.05, 4.69) is 72.8 Å². The highest BCUT2D eigenvalue weighted by Gasteiger charge is 2.27. The number of benzene rings is 6. The molecule has 6 aromatic carbocycles. The van der Waals surface area contributed by atoms with Crippen LogP contribution in [0.5, 0.6) is 0 Å². The van der Waals surface area contributed by atoms with Gasteiger partial charge in [0.25, 0.3) is 0 Å². The van der Waals surface area contributed by atoms with Gasteiger partial charge in [-0.25, -0.2) is 9.97 Å². The number of hydrogen-bond acceptors (Lipinski definition) is 4. The topological polar surface area (TPSA) is 73.4 Å². The van der Waals surface area contributed by atoms with Gasteiger partial charge in [0, 0.05) is 16.5 Å². The zero-order valence-corrected chi connectivity index (χ0v) is 17.7. The first kappa shape index (κ1) is 17.5. The lowest BCUT2D eigenvalue weighted by Gasteiger charge is -2.15. The van der Waals surface area contributed by atoms with Crippen LogP contribution in [-0.2, 0) is 0 Å². The molecule has 0 radical (unpaired) electrons. The first-order valence-electron chi connectivity index (χ1n) is 11.1. The minimum absolute atomic E-state index is 0.321. The largest absolute Gasteiger partial charge is 0.244 e. The molecule has 1 aliphatic carbocycles. The molecule has 0 bridgehead atoms. The van der Waals surface area contributed by atoms with Crippen molar-refractivity contribution in [3.63, 3.8) is 0 Å². The first-order chi connectivity index (χ1) is 16.8. The molecule has 7 aromatic rings. The zero-order chi connectivity index (χ0) is 22.6. The first-order valence-corrected chi connectivity index (χ1v) is 11.1. The van der Waals surface area contributed by atoms with E-state index < -0.39 is 0 Å². The van der Waals surface area contributed by atoms with E-state index in [1.54, 1.807) is 12.1 Å². The molecule has 34 heavy (non-hydrogen) atoms. The van der Waals surface area contributed by atoms with Gasteiger partial charge in [0.1, 0.15) is 12.1 Å². The van der Waals surface area contributed by atoms with E-state index in [9.17, 15) is 10.5 Å². The Bertz CT molecular complexity index is 2000. The molecule has 1 aromatic heterocycles. The fraction of sp³-hybridized carbons (Fsp3) is 0. The van der Waals surface area contributed by atoms with E-state index in [0.29, 0.717) is 22.2 Å². The van der Waals surface area contributed by atoms with Gasteiger partial charge in [0.2, 0.25) is 0 Å². The van der Waals surface area contributed by atoms with Crippen LogP contribution < -0.4 is 0 Å². The summed E-state index contributed by atoms with van der Waals surface area (Å²) in [7, 11) is 0. The average Bonchev–Trinajstić information content (AvgIpc) is 3.20. The number of nitrogens with zero attached hydrogens (tertiary/aromatic N) is 4. The third kappa shape index (κ3) is 1.93. The normalized spacial score (nSPS) is 12.1. The van der Waals surface area contributed by atoms with Crippen molar-refractivity contribution >= 4 is 54.1 Å². The van der Waals surface area contributed by atoms with E-state index in [-0.39, 0.29) is 0 Å². The molecular formula is C30H12N4. The second-order valence-electron chi connectivity index (χ2n) is 8.81.